The zero-order valence-corrected chi connectivity index (χ0v) is 29.2. The Labute approximate surface area is 279 Å². The number of fused-ring (bicyclic) bond motifs is 3. The molecule has 0 bridgehead atoms. The van der Waals surface area contributed by atoms with Gasteiger partial charge in [0.25, 0.3) is 0 Å². The average molecular weight is 715 g/mol. The fourth-order valence-corrected chi connectivity index (χ4v) is 7.80. The third-order valence-electron chi connectivity index (χ3n) is 7.97. The van der Waals surface area contributed by atoms with Gasteiger partial charge < -0.3 is 15.1 Å². The molecule has 1 aromatic carbocycles. The summed E-state index contributed by atoms with van der Waals surface area (Å²) in [6.07, 6.45) is 29.4. The zero-order chi connectivity index (χ0) is 32.0. The number of aliphatic imine (C=N–C) groups is 2. The maximum Gasteiger partial charge on any atom is 0.153 e. The summed E-state index contributed by atoms with van der Waals surface area (Å²) in [6.45, 7) is 10.7. The molecule has 0 saturated heterocycles. The van der Waals surface area contributed by atoms with E-state index in [9.17, 15) is 0 Å². The smallest absolute Gasteiger partial charge is 0.153 e. The Morgan fingerprint density at radius 1 is 1.16 bits per heavy atom. The highest BCUT2D eigenvalue weighted by Crippen LogP contribution is 2.42. The van der Waals surface area contributed by atoms with E-state index in [2.05, 4.69) is 85.0 Å². The van der Waals surface area contributed by atoms with Crippen LogP contribution in [0.5, 0.6) is 0 Å². The number of hydrogen-bond acceptors (Lipinski definition) is 3. The summed E-state index contributed by atoms with van der Waals surface area (Å²) in [5.74, 6) is 2.77. The molecule has 0 amide bonds. The third kappa shape index (κ3) is 9.13. The van der Waals surface area contributed by atoms with Crippen molar-refractivity contribution in [2.75, 3.05) is 18.0 Å². The van der Waals surface area contributed by atoms with Gasteiger partial charge in [0.05, 0.1) is 12.6 Å². The fourth-order valence-electron chi connectivity index (χ4n) is 5.71. The molecule has 6 heteroatoms. The molecule has 0 aliphatic heterocycles. The van der Waals surface area contributed by atoms with Crippen molar-refractivity contribution >= 4 is 53.5 Å². The Kier molecular flexibility index (Phi) is 13.4. The Bertz CT molecular complexity index is 1620. The molecule has 1 aromatic heterocycles. The van der Waals surface area contributed by atoms with Crippen molar-refractivity contribution in [2.24, 2.45) is 21.6 Å². The number of hydrogen-bond donors (Lipinski definition) is 1. The van der Waals surface area contributed by atoms with Crippen molar-refractivity contribution in [2.45, 2.75) is 52.0 Å². The van der Waals surface area contributed by atoms with Crippen LogP contribution in [0.25, 0.3) is 17.0 Å². The number of furan rings is 1. The summed E-state index contributed by atoms with van der Waals surface area (Å²) < 4.78 is 10.3. The molecule has 236 valence electrons. The number of alkyl halides is 1. The topological polar surface area (TPSA) is 67.1 Å². The molecule has 3 atom stereocenters. The molecular formula is C39H47IN4O. The highest BCUT2D eigenvalue weighted by molar-refractivity contribution is 14.2. The first-order valence-corrected chi connectivity index (χ1v) is 18.6. The molecule has 0 fully saturated rings. The second-order valence-electron chi connectivity index (χ2n) is 11.2. The molecule has 45 heavy (non-hydrogen) atoms. The minimum Gasteiger partial charge on any atom is -0.460 e. The van der Waals surface area contributed by atoms with Gasteiger partial charge in [-0.15, -0.1) is 20.7 Å². The SMILES string of the molecule is C=CC=CC=CC(N)=NC(=NCC=CC=CC)C1=CC=C(N(C)C2C=Cc3c(oc4ccccc34)C2CCI=CCC)CC1C. The van der Waals surface area contributed by atoms with E-state index in [1.807, 2.05) is 49.5 Å². The molecule has 3 unspecified atom stereocenters. The molecule has 2 aromatic rings. The van der Waals surface area contributed by atoms with Crippen molar-refractivity contribution in [3.63, 3.8) is 0 Å². The van der Waals surface area contributed by atoms with Gasteiger partial charge in [0.1, 0.15) is 17.2 Å². The molecule has 2 N–H and O–H groups in total. The number of amidine groups is 2. The first-order chi connectivity index (χ1) is 22.0. The zero-order valence-electron chi connectivity index (χ0n) is 27.1. The Morgan fingerprint density at radius 2 is 2.00 bits per heavy atom. The van der Waals surface area contributed by atoms with E-state index in [1.165, 1.54) is 21.1 Å². The van der Waals surface area contributed by atoms with Crippen molar-refractivity contribution in [3.05, 3.63) is 126 Å². The summed E-state index contributed by atoms with van der Waals surface area (Å²) in [4.78, 5) is 12.1. The Hall–Kier alpha value is -3.78. The maximum atomic E-state index is 6.56. The van der Waals surface area contributed by atoms with Crippen molar-refractivity contribution in [3.8, 4) is 0 Å². The summed E-state index contributed by atoms with van der Waals surface area (Å²) in [7, 11) is 2.24. The largest absolute Gasteiger partial charge is 0.460 e. The summed E-state index contributed by atoms with van der Waals surface area (Å²) in [5, 5.41) is 1.21. The van der Waals surface area contributed by atoms with Crippen LogP contribution < -0.4 is 5.73 Å². The van der Waals surface area contributed by atoms with Gasteiger partial charge in [-0.1, -0.05) is 109 Å². The van der Waals surface area contributed by atoms with Crippen LogP contribution in [0.15, 0.2) is 129 Å². The molecule has 5 nitrogen and oxygen atoms in total. The van der Waals surface area contributed by atoms with E-state index in [4.69, 9.17) is 20.1 Å². The van der Waals surface area contributed by atoms with Crippen molar-refractivity contribution < 1.29 is 4.42 Å². The van der Waals surface area contributed by atoms with Crippen molar-refractivity contribution in [1.29, 1.82) is 0 Å². The molecular weight excluding hydrogens is 667 g/mol. The van der Waals surface area contributed by atoms with Gasteiger partial charge in [0, 0.05) is 29.6 Å². The summed E-state index contributed by atoms with van der Waals surface area (Å²) in [6, 6.07) is 8.65. The minimum absolute atomic E-state index is 0.0931. The second kappa shape index (κ2) is 17.6. The number of para-hydroxylation sites is 1. The van der Waals surface area contributed by atoms with Gasteiger partial charge in [-0.05, 0) is 60.3 Å². The number of nitrogens with two attached hydrogens (primary N) is 1. The average Bonchev–Trinajstić information content (AvgIpc) is 3.43. The van der Waals surface area contributed by atoms with Crippen LogP contribution in [0.3, 0.4) is 0 Å². The van der Waals surface area contributed by atoms with Crippen LogP contribution >= 0.6 is 20.7 Å². The fraction of sp³-hybridized carbons (Fsp3) is 0.308. The molecule has 0 radical (unpaired) electrons. The predicted molar refractivity (Wildman–Crippen MR) is 206 cm³/mol. The van der Waals surface area contributed by atoms with Gasteiger partial charge in [-0.3, -0.25) is 4.99 Å². The van der Waals surface area contributed by atoms with Crippen LogP contribution in [-0.2, 0) is 0 Å². The molecule has 2 aliphatic carbocycles. The van der Waals surface area contributed by atoms with Gasteiger partial charge in [-0.2, -0.15) is 0 Å². The van der Waals surface area contributed by atoms with Gasteiger partial charge in [0.2, 0.25) is 0 Å². The molecule has 1 heterocycles. The van der Waals surface area contributed by atoms with Gasteiger partial charge in [-0.25, -0.2) is 4.99 Å². The lowest BCUT2D eigenvalue weighted by molar-refractivity contribution is 0.269. The lowest BCUT2D eigenvalue weighted by Gasteiger charge is -2.38. The van der Waals surface area contributed by atoms with E-state index >= 15 is 0 Å². The van der Waals surface area contributed by atoms with Crippen molar-refractivity contribution in [1.82, 2.24) is 4.90 Å². The van der Waals surface area contributed by atoms with E-state index in [0.29, 0.717) is 24.1 Å². The van der Waals surface area contributed by atoms with Gasteiger partial charge >= 0.3 is 0 Å². The van der Waals surface area contributed by atoms with E-state index in [0.717, 1.165) is 36.2 Å². The maximum absolute atomic E-state index is 6.56. The second-order valence-corrected chi connectivity index (χ2v) is 14.0. The number of likely N-dealkylation sites (N-methyl/N-ethyl adjacent to an activating group) is 1. The standard InChI is InChI=1S/C39H47IN4O/c1-6-9-11-13-19-37(41)43-39(42-27-16-12-10-7-2)31-21-20-30(28-29(31)4)44(5)35-23-22-33-32-17-14-15-18-36(32)45-38(33)34(35)24-26-40-25-8-3/h6-7,9-23,25,29,34-35H,1,8,24,26-28H2,2-5H3,(H2,41,42,43). The number of allylic oxidation sites excluding steroid dienone is 10. The summed E-state index contributed by atoms with van der Waals surface area (Å²) >= 11 is 0.0931. The first kappa shape index (κ1) is 34.1. The van der Waals surface area contributed by atoms with Gasteiger partial charge in [0.15, 0.2) is 5.84 Å². The number of benzene rings is 1. The highest BCUT2D eigenvalue weighted by atomic mass is 127. The van der Waals surface area contributed by atoms with E-state index < -0.39 is 0 Å². The van der Waals surface area contributed by atoms with E-state index in [-0.39, 0.29) is 32.7 Å². The third-order valence-corrected chi connectivity index (χ3v) is 10.7. The summed E-state index contributed by atoms with van der Waals surface area (Å²) in [5.41, 5.74) is 10.9. The number of rotatable bonds is 13. The molecule has 4 rings (SSSR count). The normalized spacial score (nSPS) is 21.3. The highest BCUT2D eigenvalue weighted by Gasteiger charge is 2.34. The molecule has 2 aliphatic rings. The van der Waals surface area contributed by atoms with Crippen LogP contribution in [0.2, 0.25) is 0 Å². The Morgan fingerprint density at radius 3 is 2.78 bits per heavy atom. The number of halogens is 1. The predicted octanol–water partition coefficient (Wildman–Crippen LogP) is 9.45. The quantitative estimate of drug-likeness (QED) is 0.0740. The number of nitrogens with zero attached hydrogens (tertiary/aromatic N) is 3. The lowest BCUT2D eigenvalue weighted by Crippen LogP contribution is -2.37. The monoisotopic (exact) mass is 714 g/mol. The lowest BCUT2D eigenvalue weighted by atomic mass is 9.84. The van der Waals surface area contributed by atoms with Crippen LogP contribution in [0, 0.1) is 5.92 Å². The van der Waals surface area contributed by atoms with Crippen LogP contribution in [-0.4, -0.2) is 44.6 Å². The van der Waals surface area contributed by atoms with E-state index in [1.54, 1.807) is 12.2 Å². The Balaban J connectivity index is 1.64. The first-order valence-electron chi connectivity index (χ1n) is 15.8. The molecule has 0 saturated carbocycles. The minimum atomic E-state index is 0.0931. The van der Waals surface area contributed by atoms with Crippen LogP contribution in [0.4, 0.5) is 0 Å². The van der Waals surface area contributed by atoms with Crippen LogP contribution in [0.1, 0.15) is 57.3 Å². The molecule has 0 spiro atoms.